The van der Waals surface area contributed by atoms with Crippen LogP contribution in [0.1, 0.15) is 26.2 Å². The molecule has 0 saturated heterocycles. The van der Waals surface area contributed by atoms with E-state index in [1.165, 1.54) is 0 Å². The fourth-order valence-electron chi connectivity index (χ4n) is 1.14. The van der Waals surface area contributed by atoms with Crippen LogP contribution in [0.3, 0.4) is 0 Å². The van der Waals surface area contributed by atoms with Gasteiger partial charge in [-0.2, -0.15) is 0 Å². The van der Waals surface area contributed by atoms with Crippen molar-refractivity contribution in [3.8, 4) is 0 Å². The minimum absolute atomic E-state index is 0.0797. The van der Waals surface area contributed by atoms with Gasteiger partial charge in [-0.15, -0.1) is 0 Å². The second kappa shape index (κ2) is 7.06. The molecule has 0 aliphatic carbocycles. The van der Waals surface area contributed by atoms with Crippen LogP contribution >= 0.6 is 0 Å². The molecule has 0 amide bonds. The van der Waals surface area contributed by atoms with E-state index in [1.54, 1.807) is 0 Å². The van der Waals surface area contributed by atoms with E-state index in [9.17, 15) is 4.79 Å². The van der Waals surface area contributed by atoms with Gasteiger partial charge in [0, 0.05) is 6.04 Å². The minimum atomic E-state index is -0.752. The third-order valence-electron chi connectivity index (χ3n) is 1.67. The number of hydrogen-bond acceptors (Lipinski definition) is 3. The highest BCUT2D eigenvalue weighted by molar-refractivity contribution is 5.67. The summed E-state index contributed by atoms with van der Waals surface area (Å²) < 4.78 is 0. The Labute approximate surface area is 73.1 Å². The van der Waals surface area contributed by atoms with Crippen LogP contribution in [-0.2, 0) is 4.79 Å². The SMILES string of the molecule is CCNC(CCCN)CC(=O)O. The molecule has 0 bridgehead atoms. The zero-order chi connectivity index (χ0) is 9.40. The number of nitrogens with one attached hydrogen (secondary N) is 1. The third kappa shape index (κ3) is 6.12. The first-order chi connectivity index (χ1) is 5.70. The molecule has 0 saturated carbocycles. The molecule has 1 unspecified atom stereocenters. The van der Waals surface area contributed by atoms with Gasteiger partial charge >= 0.3 is 5.97 Å². The molecular formula is C8H18N2O2. The first kappa shape index (κ1) is 11.4. The Bertz CT molecular complexity index is 128. The fraction of sp³-hybridized carbons (Fsp3) is 0.875. The number of carboxylic acid groups (broad SMARTS) is 1. The van der Waals surface area contributed by atoms with Crippen LogP contribution in [0.2, 0.25) is 0 Å². The molecule has 0 aromatic rings. The van der Waals surface area contributed by atoms with Gasteiger partial charge in [0.25, 0.3) is 0 Å². The van der Waals surface area contributed by atoms with Gasteiger partial charge in [0.05, 0.1) is 6.42 Å². The van der Waals surface area contributed by atoms with Crippen LogP contribution in [0.15, 0.2) is 0 Å². The standard InChI is InChI=1S/C8H18N2O2/c1-2-10-7(4-3-5-9)6-8(11)12/h7,10H,2-6,9H2,1H3,(H,11,12). The highest BCUT2D eigenvalue weighted by atomic mass is 16.4. The summed E-state index contributed by atoms with van der Waals surface area (Å²) in [5.74, 6) is -0.752. The van der Waals surface area contributed by atoms with E-state index in [0.29, 0.717) is 6.54 Å². The van der Waals surface area contributed by atoms with Crippen molar-refractivity contribution in [1.29, 1.82) is 0 Å². The lowest BCUT2D eigenvalue weighted by atomic mass is 10.1. The summed E-state index contributed by atoms with van der Waals surface area (Å²) in [7, 11) is 0. The third-order valence-corrected chi connectivity index (χ3v) is 1.67. The van der Waals surface area contributed by atoms with Crippen LogP contribution in [0.5, 0.6) is 0 Å². The van der Waals surface area contributed by atoms with E-state index in [1.807, 2.05) is 6.92 Å². The van der Waals surface area contributed by atoms with Gasteiger partial charge < -0.3 is 16.2 Å². The van der Waals surface area contributed by atoms with E-state index in [0.717, 1.165) is 19.4 Å². The van der Waals surface area contributed by atoms with Gasteiger partial charge in [-0.05, 0) is 25.9 Å². The van der Waals surface area contributed by atoms with E-state index in [4.69, 9.17) is 10.8 Å². The number of aliphatic carboxylic acids is 1. The van der Waals surface area contributed by atoms with E-state index in [2.05, 4.69) is 5.32 Å². The lowest BCUT2D eigenvalue weighted by Gasteiger charge is -2.14. The van der Waals surface area contributed by atoms with Crippen LogP contribution in [-0.4, -0.2) is 30.2 Å². The lowest BCUT2D eigenvalue weighted by molar-refractivity contribution is -0.137. The Morgan fingerprint density at radius 3 is 2.75 bits per heavy atom. The highest BCUT2D eigenvalue weighted by Gasteiger charge is 2.10. The van der Waals surface area contributed by atoms with Gasteiger partial charge in [0.1, 0.15) is 0 Å². The Balaban J connectivity index is 3.61. The van der Waals surface area contributed by atoms with Crippen molar-refractivity contribution in [1.82, 2.24) is 5.32 Å². The predicted octanol–water partition coefficient (Wildman–Crippen LogP) is 0.178. The molecule has 12 heavy (non-hydrogen) atoms. The van der Waals surface area contributed by atoms with Crippen molar-refractivity contribution < 1.29 is 9.90 Å². The van der Waals surface area contributed by atoms with Gasteiger partial charge in [0.15, 0.2) is 0 Å². The average molecular weight is 174 g/mol. The molecule has 1 atom stereocenters. The molecule has 72 valence electrons. The first-order valence-electron chi connectivity index (χ1n) is 4.36. The molecule has 0 spiro atoms. The van der Waals surface area contributed by atoms with Gasteiger partial charge in [0.2, 0.25) is 0 Å². The highest BCUT2D eigenvalue weighted by Crippen LogP contribution is 2.00. The van der Waals surface area contributed by atoms with Crippen molar-refractivity contribution in [3.63, 3.8) is 0 Å². The van der Waals surface area contributed by atoms with Crippen molar-refractivity contribution in [3.05, 3.63) is 0 Å². The number of carboxylic acids is 1. The second-order valence-corrected chi connectivity index (χ2v) is 2.78. The molecular weight excluding hydrogens is 156 g/mol. The molecule has 0 aliphatic rings. The van der Waals surface area contributed by atoms with E-state index in [-0.39, 0.29) is 12.5 Å². The number of carbonyl (C=O) groups is 1. The molecule has 4 N–H and O–H groups in total. The molecule has 4 heteroatoms. The Morgan fingerprint density at radius 2 is 2.33 bits per heavy atom. The summed E-state index contributed by atoms with van der Waals surface area (Å²) in [5.41, 5.74) is 5.33. The normalized spacial score (nSPS) is 12.8. The van der Waals surface area contributed by atoms with Gasteiger partial charge in [-0.1, -0.05) is 6.92 Å². The van der Waals surface area contributed by atoms with Gasteiger partial charge in [-0.3, -0.25) is 4.79 Å². The Kier molecular flexibility index (Phi) is 6.70. The van der Waals surface area contributed by atoms with Crippen LogP contribution in [0, 0.1) is 0 Å². The van der Waals surface area contributed by atoms with E-state index >= 15 is 0 Å². The van der Waals surface area contributed by atoms with Crippen molar-refractivity contribution in [2.45, 2.75) is 32.2 Å². The van der Waals surface area contributed by atoms with Crippen molar-refractivity contribution >= 4 is 5.97 Å². The molecule has 4 nitrogen and oxygen atoms in total. The van der Waals surface area contributed by atoms with Crippen molar-refractivity contribution in [2.75, 3.05) is 13.1 Å². The number of hydrogen-bond donors (Lipinski definition) is 3. The topological polar surface area (TPSA) is 75.3 Å². The Morgan fingerprint density at radius 1 is 1.67 bits per heavy atom. The minimum Gasteiger partial charge on any atom is -0.481 e. The summed E-state index contributed by atoms with van der Waals surface area (Å²) in [5, 5.41) is 11.7. The van der Waals surface area contributed by atoms with Crippen LogP contribution in [0.4, 0.5) is 0 Å². The molecule has 0 aromatic heterocycles. The molecule has 0 aliphatic heterocycles. The molecule has 0 radical (unpaired) electrons. The zero-order valence-corrected chi connectivity index (χ0v) is 7.55. The maximum atomic E-state index is 10.4. The average Bonchev–Trinajstić information content (AvgIpc) is 2.00. The van der Waals surface area contributed by atoms with E-state index < -0.39 is 5.97 Å². The quantitative estimate of drug-likeness (QED) is 0.514. The smallest absolute Gasteiger partial charge is 0.304 e. The Hall–Kier alpha value is -0.610. The summed E-state index contributed by atoms with van der Waals surface area (Å²) in [4.78, 5) is 10.4. The summed E-state index contributed by atoms with van der Waals surface area (Å²) >= 11 is 0. The second-order valence-electron chi connectivity index (χ2n) is 2.78. The molecule has 0 heterocycles. The molecule has 0 rings (SSSR count). The summed E-state index contributed by atoms with van der Waals surface area (Å²) in [6.45, 7) is 3.40. The maximum absolute atomic E-state index is 10.4. The molecule has 0 fully saturated rings. The fourth-order valence-corrected chi connectivity index (χ4v) is 1.14. The number of nitrogens with two attached hydrogens (primary N) is 1. The predicted molar refractivity (Wildman–Crippen MR) is 48.0 cm³/mol. The van der Waals surface area contributed by atoms with Crippen LogP contribution in [0.25, 0.3) is 0 Å². The maximum Gasteiger partial charge on any atom is 0.304 e. The van der Waals surface area contributed by atoms with Crippen LogP contribution < -0.4 is 11.1 Å². The van der Waals surface area contributed by atoms with Gasteiger partial charge in [-0.25, -0.2) is 0 Å². The monoisotopic (exact) mass is 174 g/mol. The molecule has 0 aromatic carbocycles. The zero-order valence-electron chi connectivity index (χ0n) is 7.55. The summed E-state index contributed by atoms with van der Waals surface area (Å²) in [6, 6.07) is 0.0797. The first-order valence-corrected chi connectivity index (χ1v) is 4.36. The summed E-state index contributed by atoms with van der Waals surface area (Å²) in [6.07, 6.45) is 1.91. The lowest BCUT2D eigenvalue weighted by Crippen LogP contribution is -2.31. The number of rotatable bonds is 7. The largest absolute Gasteiger partial charge is 0.481 e. The van der Waals surface area contributed by atoms with Crippen molar-refractivity contribution in [2.24, 2.45) is 5.73 Å².